The van der Waals surface area contributed by atoms with Crippen molar-refractivity contribution in [2.75, 3.05) is 13.1 Å². The maximum Gasteiger partial charge on any atom is 0.0985 e. The molecule has 0 aliphatic rings. The van der Waals surface area contributed by atoms with Crippen LogP contribution in [0.25, 0.3) is 0 Å². The van der Waals surface area contributed by atoms with Gasteiger partial charge in [0, 0.05) is 6.54 Å². The minimum absolute atomic E-state index is 0.583. The van der Waals surface area contributed by atoms with Gasteiger partial charge in [0.25, 0.3) is 0 Å². The van der Waals surface area contributed by atoms with Gasteiger partial charge in [0.2, 0.25) is 0 Å². The van der Waals surface area contributed by atoms with Gasteiger partial charge in [-0.3, -0.25) is 4.90 Å². The van der Waals surface area contributed by atoms with Crippen LogP contribution in [0.15, 0.2) is 182 Å². The monoisotopic (exact) mass is 558 g/mol. The Kier molecular flexibility index (Phi) is 8.60. The van der Waals surface area contributed by atoms with Crippen LogP contribution in [0, 0.1) is 0 Å². The molecule has 0 radical (unpaired) electrons. The SMILES string of the molecule is NCCCN(C(c1ccccc1)(c1ccccc1)c1ccccc1)C(c1ccccc1)(c1ccccc1)c1ccccc1. The highest BCUT2D eigenvalue weighted by atomic mass is 15.3. The summed E-state index contributed by atoms with van der Waals surface area (Å²) in [5, 5.41) is 0. The van der Waals surface area contributed by atoms with E-state index in [1.54, 1.807) is 0 Å². The zero-order valence-electron chi connectivity index (χ0n) is 24.5. The molecule has 6 aromatic rings. The molecule has 0 bridgehead atoms. The third kappa shape index (κ3) is 5.10. The lowest BCUT2D eigenvalue weighted by Gasteiger charge is -2.56. The van der Waals surface area contributed by atoms with Gasteiger partial charge in [0.15, 0.2) is 0 Å². The van der Waals surface area contributed by atoms with E-state index in [-0.39, 0.29) is 0 Å². The summed E-state index contributed by atoms with van der Waals surface area (Å²) < 4.78 is 0. The first-order valence-electron chi connectivity index (χ1n) is 15.1. The van der Waals surface area contributed by atoms with Crippen molar-refractivity contribution in [2.24, 2.45) is 5.73 Å². The molecule has 0 amide bonds. The van der Waals surface area contributed by atoms with E-state index in [2.05, 4.69) is 187 Å². The van der Waals surface area contributed by atoms with Gasteiger partial charge < -0.3 is 5.73 Å². The molecule has 0 saturated heterocycles. The van der Waals surface area contributed by atoms with Crippen molar-refractivity contribution in [3.8, 4) is 0 Å². The van der Waals surface area contributed by atoms with Gasteiger partial charge in [-0.2, -0.15) is 0 Å². The maximum atomic E-state index is 6.37. The van der Waals surface area contributed by atoms with E-state index in [1.807, 2.05) is 0 Å². The first-order chi connectivity index (χ1) is 21.3. The highest BCUT2D eigenvalue weighted by Gasteiger charge is 2.53. The fourth-order valence-electron chi connectivity index (χ4n) is 6.85. The molecule has 0 fully saturated rings. The van der Waals surface area contributed by atoms with Gasteiger partial charge in [0.1, 0.15) is 0 Å². The zero-order valence-corrected chi connectivity index (χ0v) is 24.5. The molecular weight excluding hydrogens is 520 g/mol. The number of nitrogens with zero attached hydrogens (tertiary/aromatic N) is 1. The molecular formula is C41H38N2. The van der Waals surface area contributed by atoms with E-state index in [0.717, 1.165) is 13.0 Å². The summed E-state index contributed by atoms with van der Waals surface area (Å²) >= 11 is 0. The van der Waals surface area contributed by atoms with E-state index in [4.69, 9.17) is 5.73 Å². The summed E-state index contributed by atoms with van der Waals surface area (Å²) in [5.41, 5.74) is 12.2. The minimum atomic E-state index is -0.680. The molecule has 2 heteroatoms. The molecule has 0 saturated carbocycles. The maximum absolute atomic E-state index is 6.37. The quantitative estimate of drug-likeness (QED) is 0.161. The Morgan fingerprint density at radius 1 is 0.349 bits per heavy atom. The van der Waals surface area contributed by atoms with Crippen molar-refractivity contribution < 1.29 is 0 Å². The van der Waals surface area contributed by atoms with Gasteiger partial charge in [-0.15, -0.1) is 0 Å². The second kappa shape index (κ2) is 13.0. The molecule has 0 spiro atoms. The Labute approximate surface area is 256 Å². The molecule has 6 rings (SSSR count). The molecule has 212 valence electrons. The molecule has 2 nitrogen and oxygen atoms in total. The molecule has 0 aliphatic carbocycles. The summed E-state index contributed by atoms with van der Waals surface area (Å²) in [4.78, 5) is 2.73. The van der Waals surface area contributed by atoms with E-state index in [1.165, 1.54) is 33.4 Å². The van der Waals surface area contributed by atoms with Crippen LogP contribution in [0.5, 0.6) is 0 Å². The van der Waals surface area contributed by atoms with Crippen LogP contribution in [0.4, 0.5) is 0 Å². The number of hydrogen-bond donors (Lipinski definition) is 1. The van der Waals surface area contributed by atoms with Gasteiger partial charge in [-0.05, 0) is 46.3 Å². The van der Waals surface area contributed by atoms with E-state index in [9.17, 15) is 0 Å². The largest absolute Gasteiger partial charge is 0.330 e. The summed E-state index contributed by atoms with van der Waals surface area (Å²) in [6.45, 7) is 1.33. The molecule has 0 aliphatic heterocycles. The van der Waals surface area contributed by atoms with E-state index in [0.29, 0.717) is 6.54 Å². The smallest absolute Gasteiger partial charge is 0.0985 e. The van der Waals surface area contributed by atoms with Gasteiger partial charge in [-0.1, -0.05) is 182 Å². The van der Waals surface area contributed by atoms with Gasteiger partial charge >= 0.3 is 0 Å². The molecule has 0 aromatic heterocycles. The average molecular weight is 559 g/mol. The molecule has 2 N–H and O–H groups in total. The highest BCUT2D eigenvalue weighted by molar-refractivity contribution is 5.56. The van der Waals surface area contributed by atoms with Crippen LogP contribution >= 0.6 is 0 Å². The third-order valence-corrected chi connectivity index (χ3v) is 8.54. The van der Waals surface area contributed by atoms with Crippen molar-refractivity contribution in [1.82, 2.24) is 4.90 Å². The highest BCUT2D eigenvalue weighted by Crippen LogP contribution is 2.53. The van der Waals surface area contributed by atoms with Crippen LogP contribution < -0.4 is 5.73 Å². The van der Waals surface area contributed by atoms with Crippen LogP contribution in [-0.4, -0.2) is 18.0 Å². The summed E-state index contributed by atoms with van der Waals surface area (Å²) in [6.07, 6.45) is 0.822. The predicted octanol–water partition coefficient (Wildman–Crippen LogP) is 8.62. The van der Waals surface area contributed by atoms with Crippen LogP contribution in [0.1, 0.15) is 39.8 Å². The van der Waals surface area contributed by atoms with Crippen LogP contribution in [0.2, 0.25) is 0 Å². The summed E-state index contributed by atoms with van der Waals surface area (Å²) in [5.74, 6) is 0. The fourth-order valence-corrected chi connectivity index (χ4v) is 6.85. The Hall–Kier alpha value is -4.76. The van der Waals surface area contributed by atoms with E-state index >= 15 is 0 Å². The summed E-state index contributed by atoms with van der Waals surface area (Å²) in [7, 11) is 0. The molecule has 0 unspecified atom stereocenters. The normalized spacial score (nSPS) is 11.9. The Bertz CT molecular complexity index is 1350. The van der Waals surface area contributed by atoms with Crippen molar-refractivity contribution in [3.63, 3.8) is 0 Å². The predicted molar refractivity (Wildman–Crippen MR) is 179 cm³/mol. The number of benzene rings is 6. The Morgan fingerprint density at radius 2 is 0.558 bits per heavy atom. The standard InChI is InChI=1S/C41H38N2/c42-32-19-33-43(40(34-20-7-1-8-21-34,35-22-9-2-10-23-35)36-24-11-3-12-25-36)41(37-26-13-4-14-27-37,38-28-15-5-16-29-38)39-30-17-6-18-31-39/h1-18,20-31H,19,32-33,42H2. The van der Waals surface area contributed by atoms with Crippen molar-refractivity contribution in [1.29, 1.82) is 0 Å². The summed E-state index contributed by atoms with van der Waals surface area (Å²) in [6, 6.07) is 65.9. The first-order valence-corrected chi connectivity index (χ1v) is 15.1. The van der Waals surface area contributed by atoms with Crippen molar-refractivity contribution in [2.45, 2.75) is 17.5 Å². The first kappa shape index (κ1) is 28.4. The Morgan fingerprint density at radius 3 is 0.744 bits per heavy atom. The van der Waals surface area contributed by atoms with Crippen molar-refractivity contribution in [3.05, 3.63) is 215 Å². The lowest BCUT2D eigenvalue weighted by molar-refractivity contribution is 0.0644. The van der Waals surface area contributed by atoms with E-state index < -0.39 is 11.1 Å². The molecule has 6 aromatic carbocycles. The number of hydrogen-bond acceptors (Lipinski definition) is 2. The van der Waals surface area contributed by atoms with Crippen molar-refractivity contribution >= 4 is 0 Å². The minimum Gasteiger partial charge on any atom is -0.330 e. The lowest BCUT2D eigenvalue weighted by atomic mass is 9.67. The van der Waals surface area contributed by atoms with Crippen LogP contribution in [-0.2, 0) is 11.1 Å². The van der Waals surface area contributed by atoms with Gasteiger partial charge in [-0.25, -0.2) is 0 Å². The molecule has 0 heterocycles. The zero-order chi connectivity index (χ0) is 29.4. The fraction of sp³-hybridized carbons (Fsp3) is 0.122. The number of nitrogens with two attached hydrogens (primary N) is 1. The Balaban J connectivity index is 1.85. The second-order valence-corrected chi connectivity index (χ2v) is 10.9. The van der Waals surface area contributed by atoms with Gasteiger partial charge in [0.05, 0.1) is 11.1 Å². The lowest BCUT2D eigenvalue weighted by Crippen LogP contribution is -2.60. The molecule has 43 heavy (non-hydrogen) atoms. The van der Waals surface area contributed by atoms with Crippen LogP contribution in [0.3, 0.4) is 0 Å². The molecule has 0 atom stereocenters. The third-order valence-electron chi connectivity index (χ3n) is 8.54. The second-order valence-electron chi connectivity index (χ2n) is 10.9. The number of rotatable bonds is 11. The average Bonchev–Trinajstić information content (AvgIpc) is 3.10. The topological polar surface area (TPSA) is 29.3 Å².